The van der Waals surface area contributed by atoms with Crippen molar-refractivity contribution in [2.45, 2.75) is 19.3 Å². The molecule has 3 rings (SSSR count). The second-order valence-electron chi connectivity index (χ2n) is 4.39. The average molecular weight is 260 g/mol. The third-order valence-corrected chi connectivity index (χ3v) is 3.00. The minimum Gasteiger partial charge on any atom is -0.454 e. The highest BCUT2D eigenvalue weighted by molar-refractivity contribution is 5.93. The van der Waals surface area contributed by atoms with E-state index in [0.29, 0.717) is 35.7 Å². The fraction of sp³-hybridized carbons (Fsp3) is 0.286. The fourth-order valence-corrected chi connectivity index (χ4v) is 2.04. The number of carbonyl (C=O) groups excluding carboxylic acids is 2. The third kappa shape index (κ3) is 2.45. The molecule has 0 saturated heterocycles. The smallest absolute Gasteiger partial charge is 0.343 e. The molecule has 0 amide bonds. The molecule has 1 aliphatic carbocycles. The van der Waals surface area contributed by atoms with Gasteiger partial charge in [-0.3, -0.25) is 4.79 Å². The van der Waals surface area contributed by atoms with Crippen molar-refractivity contribution in [1.29, 1.82) is 0 Å². The molecule has 1 aliphatic heterocycles. The Kier molecular flexibility index (Phi) is 2.95. The molecule has 0 aromatic heterocycles. The van der Waals surface area contributed by atoms with Crippen LogP contribution in [0.25, 0.3) is 0 Å². The highest BCUT2D eigenvalue weighted by atomic mass is 16.7. The lowest BCUT2D eigenvalue weighted by Crippen LogP contribution is -2.10. The van der Waals surface area contributed by atoms with Gasteiger partial charge < -0.3 is 14.2 Å². The zero-order chi connectivity index (χ0) is 13.2. The number of hydrogen-bond donors (Lipinski definition) is 0. The van der Waals surface area contributed by atoms with Gasteiger partial charge in [-0.1, -0.05) is 0 Å². The van der Waals surface area contributed by atoms with E-state index in [2.05, 4.69) is 0 Å². The lowest BCUT2D eigenvalue weighted by Gasteiger charge is -2.12. The molecule has 0 unspecified atom stereocenters. The van der Waals surface area contributed by atoms with E-state index >= 15 is 0 Å². The number of rotatable bonds is 2. The summed E-state index contributed by atoms with van der Waals surface area (Å²) in [7, 11) is 0. The van der Waals surface area contributed by atoms with E-state index in [9.17, 15) is 9.59 Å². The second kappa shape index (κ2) is 4.76. The van der Waals surface area contributed by atoms with Gasteiger partial charge in [-0.2, -0.15) is 0 Å². The van der Waals surface area contributed by atoms with Crippen molar-refractivity contribution in [2.75, 3.05) is 6.79 Å². The molecule has 98 valence electrons. The van der Waals surface area contributed by atoms with E-state index in [1.54, 1.807) is 18.2 Å². The van der Waals surface area contributed by atoms with Gasteiger partial charge in [0, 0.05) is 18.9 Å². The average Bonchev–Trinajstić information content (AvgIpc) is 2.85. The summed E-state index contributed by atoms with van der Waals surface area (Å²) in [6.07, 6.45) is 3.25. The Hall–Kier alpha value is -2.30. The van der Waals surface area contributed by atoms with Gasteiger partial charge in [0.25, 0.3) is 0 Å². The maximum absolute atomic E-state index is 11.9. The Morgan fingerprint density at radius 3 is 2.84 bits per heavy atom. The number of allylic oxidation sites excluding steroid dienone is 2. The molecule has 5 nitrogen and oxygen atoms in total. The van der Waals surface area contributed by atoms with Crippen LogP contribution in [0.2, 0.25) is 0 Å². The Morgan fingerprint density at radius 2 is 2.00 bits per heavy atom. The molecular formula is C14H12O5. The van der Waals surface area contributed by atoms with Gasteiger partial charge in [-0.05, 0) is 24.6 Å². The van der Waals surface area contributed by atoms with Crippen molar-refractivity contribution < 1.29 is 23.8 Å². The summed E-state index contributed by atoms with van der Waals surface area (Å²) < 4.78 is 15.6. The second-order valence-corrected chi connectivity index (χ2v) is 4.39. The van der Waals surface area contributed by atoms with Gasteiger partial charge in [0.1, 0.15) is 5.76 Å². The summed E-state index contributed by atoms with van der Waals surface area (Å²) in [4.78, 5) is 23.2. The minimum absolute atomic E-state index is 0.000244. The van der Waals surface area contributed by atoms with Gasteiger partial charge in [0.05, 0.1) is 5.56 Å². The molecule has 5 heteroatoms. The summed E-state index contributed by atoms with van der Waals surface area (Å²) in [5, 5.41) is 0. The van der Waals surface area contributed by atoms with E-state index < -0.39 is 5.97 Å². The van der Waals surface area contributed by atoms with Crippen LogP contribution in [0.4, 0.5) is 0 Å². The standard InChI is InChI=1S/C14H12O5/c15-10-2-1-3-11(7-10)19-14(16)9-4-5-12-13(6-9)18-8-17-12/h4-7H,1-3,8H2. The molecule has 2 aliphatic rings. The van der Waals surface area contributed by atoms with Crippen LogP contribution in [0.15, 0.2) is 30.0 Å². The first kappa shape index (κ1) is 11.8. The number of hydrogen-bond acceptors (Lipinski definition) is 5. The molecule has 0 bridgehead atoms. The summed E-state index contributed by atoms with van der Waals surface area (Å²) in [5.74, 6) is 1.09. The van der Waals surface area contributed by atoms with Gasteiger partial charge in [-0.25, -0.2) is 4.79 Å². The third-order valence-electron chi connectivity index (χ3n) is 3.00. The normalized spacial score (nSPS) is 17.1. The first-order chi connectivity index (χ1) is 9.22. The summed E-state index contributed by atoms with van der Waals surface area (Å²) in [6.45, 7) is 0.160. The number of esters is 1. The predicted octanol–water partition coefficient (Wildman–Crippen LogP) is 2.21. The molecule has 0 saturated carbocycles. The SMILES string of the molecule is O=C1C=C(OC(=O)c2ccc3c(c2)OCO3)CCC1. The maximum Gasteiger partial charge on any atom is 0.343 e. The molecule has 0 atom stereocenters. The summed E-state index contributed by atoms with van der Waals surface area (Å²) in [6, 6.07) is 4.86. The van der Waals surface area contributed by atoms with Crippen LogP contribution in [0.1, 0.15) is 29.6 Å². The van der Waals surface area contributed by atoms with Crippen molar-refractivity contribution in [3.05, 3.63) is 35.6 Å². The first-order valence-corrected chi connectivity index (χ1v) is 6.07. The quantitative estimate of drug-likeness (QED) is 0.763. The zero-order valence-corrected chi connectivity index (χ0v) is 10.2. The predicted molar refractivity (Wildman–Crippen MR) is 64.9 cm³/mol. The Morgan fingerprint density at radius 1 is 1.16 bits per heavy atom. The largest absolute Gasteiger partial charge is 0.454 e. The highest BCUT2D eigenvalue weighted by Gasteiger charge is 2.19. The summed E-state index contributed by atoms with van der Waals surface area (Å²) in [5.41, 5.74) is 0.378. The number of ketones is 1. The zero-order valence-electron chi connectivity index (χ0n) is 10.2. The van der Waals surface area contributed by atoms with Crippen LogP contribution in [0, 0.1) is 0 Å². The molecule has 19 heavy (non-hydrogen) atoms. The Balaban J connectivity index is 1.75. The van der Waals surface area contributed by atoms with Crippen molar-refractivity contribution in [3.63, 3.8) is 0 Å². The number of carbonyl (C=O) groups is 2. The van der Waals surface area contributed by atoms with Crippen LogP contribution < -0.4 is 9.47 Å². The van der Waals surface area contributed by atoms with E-state index in [1.807, 2.05) is 0 Å². The van der Waals surface area contributed by atoms with Crippen LogP contribution >= 0.6 is 0 Å². The molecule has 0 N–H and O–H groups in total. The molecule has 0 radical (unpaired) electrons. The molecule has 0 spiro atoms. The van der Waals surface area contributed by atoms with Crippen molar-refractivity contribution >= 4 is 11.8 Å². The summed E-state index contributed by atoms with van der Waals surface area (Å²) >= 11 is 0. The van der Waals surface area contributed by atoms with Crippen LogP contribution in [-0.4, -0.2) is 18.5 Å². The van der Waals surface area contributed by atoms with Crippen LogP contribution in [0.3, 0.4) is 0 Å². The number of ether oxygens (including phenoxy) is 3. The van der Waals surface area contributed by atoms with Crippen molar-refractivity contribution in [2.24, 2.45) is 0 Å². The monoisotopic (exact) mass is 260 g/mol. The lowest BCUT2D eigenvalue weighted by molar-refractivity contribution is -0.115. The Labute approximate surface area is 109 Å². The van der Waals surface area contributed by atoms with E-state index in [1.165, 1.54) is 6.08 Å². The van der Waals surface area contributed by atoms with E-state index in [-0.39, 0.29) is 12.6 Å². The van der Waals surface area contributed by atoms with Gasteiger partial charge in [0.2, 0.25) is 6.79 Å². The molecule has 1 aromatic rings. The van der Waals surface area contributed by atoms with Crippen LogP contribution in [-0.2, 0) is 9.53 Å². The topological polar surface area (TPSA) is 61.8 Å². The molecule has 0 fully saturated rings. The van der Waals surface area contributed by atoms with Gasteiger partial charge >= 0.3 is 5.97 Å². The van der Waals surface area contributed by atoms with E-state index in [4.69, 9.17) is 14.2 Å². The van der Waals surface area contributed by atoms with Gasteiger partial charge in [-0.15, -0.1) is 0 Å². The minimum atomic E-state index is -0.487. The first-order valence-electron chi connectivity index (χ1n) is 6.07. The fourth-order valence-electron chi connectivity index (χ4n) is 2.04. The highest BCUT2D eigenvalue weighted by Crippen LogP contribution is 2.33. The number of fused-ring (bicyclic) bond motifs is 1. The molecule has 1 aromatic carbocycles. The number of benzene rings is 1. The Bertz CT molecular complexity index is 573. The molecular weight excluding hydrogens is 248 g/mol. The van der Waals surface area contributed by atoms with E-state index in [0.717, 1.165) is 6.42 Å². The van der Waals surface area contributed by atoms with Crippen molar-refractivity contribution in [3.8, 4) is 11.5 Å². The van der Waals surface area contributed by atoms with Crippen LogP contribution in [0.5, 0.6) is 11.5 Å². The molecule has 1 heterocycles. The lowest BCUT2D eigenvalue weighted by atomic mass is 10.1. The van der Waals surface area contributed by atoms with Gasteiger partial charge in [0.15, 0.2) is 17.3 Å². The van der Waals surface area contributed by atoms with Crippen molar-refractivity contribution in [1.82, 2.24) is 0 Å². The maximum atomic E-state index is 11.9.